The van der Waals surface area contributed by atoms with Gasteiger partial charge in [0.05, 0.1) is 6.20 Å². The molecule has 0 N–H and O–H groups in total. The molecule has 0 unspecified atom stereocenters. The van der Waals surface area contributed by atoms with Crippen molar-refractivity contribution in [2.75, 3.05) is 0 Å². The first-order chi connectivity index (χ1) is 16.7. The van der Waals surface area contributed by atoms with Crippen LogP contribution in [-0.2, 0) is 19.6 Å². The van der Waals surface area contributed by atoms with Crippen molar-refractivity contribution in [2.24, 2.45) is 7.05 Å². The third-order valence-corrected chi connectivity index (χ3v) is 5.79. The Morgan fingerprint density at radius 1 is 0.971 bits per heavy atom. The highest BCUT2D eigenvalue weighted by atomic mass is 19.4. The largest absolute Gasteiger partial charge is 0.434 e. The summed E-state index contributed by atoms with van der Waals surface area (Å²) in [6.07, 6.45) is -1.40. The molecule has 0 aliphatic carbocycles. The van der Waals surface area contributed by atoms with Crippen molar-refractivity contribution < 1.29 is 13.2 Å². The van der Waals surface area contributed by atoms with Crippen LogP contribution in [0.2, 0.25) is 0 Å². The summed E-state index contributed by atoms with van der Waals surface area (Å²) >= 11 is 0. The smallest absolute Gasteiger partial charge is 0.333 e. The van der Waals surface area contributed by atoms with Gasteiger partial charge < -0.3 is 4.57 Å². The van der Waals surface area contributed by atoms with Crippen LogP contribution in [0.1, 0.15) is 42.4 Å². The molecule has 0 aliphatic heterocycles. The molecule has 0 bridgehead atoms. The van der Waals surface area contributed by atoms with E-state index in [1.165, 1.54) is 4.57 Å². The lowest BCUT2D eigenvalue weighted by Crippen LogP contribution is -2.05. The zero-order valence-electron chi connectivity index (χ0n) is 19.3. The number of hydrogen-bond donors (Lipinski definition) is 0. The van der Waals surface area contributed by atoms with Crippen molar-refractivity contribution in [3.8, 4) is 22.8 Å². The lowest BCUT2D eigenvalue weighted by atomic mass is 9.97. The van der Waals surface area contributed by atoms with E-state index < -0.39 is 11.9 Å². The van der Waals surface area contributed by atoms with Crippen LogP contribution in [-0.4, -0.2) is 34.3 Å². The van der Waals surface area contributed by atoms with E-state index in [1.54, 1.807) is 29.9 Å². The van der Waals surface area contributed by atoms with E-state index in [-0.39, 0.29) is 5.82 Å². The number of hydrogen-bond acceptors (Lipinski definition) is 5. The van der Waals surface area contributed by atoms with Crippen molar-refractivity contribution in [1.29, 1.82) is 0 Å². The molecule has 0 aliphatic rings. The maximum Gasteiger partial charge on any atom is 0.434 e. The maximum atomic E-state index is 13.0. The van der Waals surface area contributed by atoms with Crippen molar-refractivity contribution in [2.45, 2.75) is 32.4 Å². The zero-order valence-corrected chi connectivity index (χ0v) is 19.3. The van der Waals surface area contributed by atoms with E-state index in [1.807, 2.05) is 30.3 Å². The second-order valence-electron chi connectivity index (χ2n) is 8.64. The molecule has 5 aromatic rings. The van der Waals surface area contributed by atoms with Gasteiger partial charge in [-0.2, -0.15) is 17.7 Å². The Labute approximate surface area is 199 Å². The van der Waals surface area contributed by atoms with Gasteiger partial charge in [0, 0.05) is 30.8 Å². The van der Waals surface area contributed by atoms with Crippen LogP contribution in [0.25, 0.3) is 28.4 Å². The van der Waals surface area contributed by atoms with Gasteiger partial charge in [0.2, 0.25) is 0 Å². The Morgan fingerprint density at radius 3 is 2.40 bits per heavy atom. The summed E-state index contributed by atoms with van der Waals surface area (Å²) in [5.74, 6) is 1.79. The molecule has 35 heavy (non-hydrogen) atoms. The SMILES string of the molecule is CC(C)c1ccccc1-c1ncc2nnc(Cc3ccc(-c4nc(C(F)(F)F)cn4C)cc3)n2n1. The van der Waals surface area contributed by atoms with Crippen LogP contribution in [0.3, 0.4) is 0 Å². The third-order valence-electron chi connectivity index (χ3n) is 5.79. The molecule has 0 spiro atoms. The second-order valence-corrected chi connectivity index (χ2v) is 8.64. The molecule has 0 atom stereocenters. The fourth-order valence-electron chi connectivity index (χ4n) is 4.02. The summed E-state index contributed by atoms with van der Waals surface area (Å²) in [6, 6.07) is 15.2. The molecule has 3 heterocycles. The number of benzene rings is 2. The molecule has 0 amide bonds. The molecule has 2 aromatic carbocycles. The summed E-state index contributed by atoms with van der Waals surface area (Å²) in [6.45, 7) is 4.25. The van der Waals surface area contributed by atoms with E-state index in [0.29, 0.717) is 35.2 Å². The van der Waals surface area contributed by atoms with Crippen molar-refractivity contribution in [3.05, 3.63) is 83.6 Å². The zero-order chi connectivity index (χ0) is 24.7. The van der Waals surface area contributed by atoms with Gasteiger partial charge in [-0.1, -0.05) is 62.4 Å². The number of nitrogens with zero attached hydrogens (tertiary/aromatic N) is 7. The summed E-state index contributed by atoms with van der Waals surface area (Å²) in [5.41, 5.74) is 3.24. The van der Waals surface area contributed by atoms with E-state index in [0.717, 1.165) is 22.9 Å². The number of fused-ring (bicyclic) bond motifs is 1. The van der Waals surface area contributed by atoms with Crippen molar-refractivity contribution >= 4 is 5.65 Å². The van der Waals surface area contributed by atoms with Crippen molar-refractivity contribution in [3.63, 3.8) is 0 Å². The Hall–Kier alpha value is -4.08. The summed E-state index contributed by atoms with van der Waals surface area (Å²) in [4.78, 5) is 8.24. The van der Waals surface area contributed by atoms with E-state index in [2.05, 4.69) is 40.1 Å². The molecule has 178 valence electrons. The number of alkyl halides is 3. The van der Waals surface area contributed by atoms with E-state index in [9.17, 15) is 13.2 Å². The van der Waals surface area contributed by atoms with Crippen LogP contribution in [0.15, 0.2) is 60.9 Å². The highest BCUT2D eigenvalue weighted by molar-refractivity contribution is 5.61. The Kier molecular flexibility index (Phi) is 5.58. The van der Waals surface area contributed by atoms with Gasteiger partial charge in [-0.25, -0.2) is 9.97 Å². The minimum atomic E-state index is -4.49. The Morgan fingerprint density at radius 2 is 1.71 bits per heavy atom. The molecule has 0 fully saturated rings. The molecule has 7 nitrogen and oxygen atoms in total. The molecular formula is C25H22F3N7. The first kappa shape index (κ1) is 22.7. The molecule has 10 heteroatoms. The van der Waals surface area contributed by atoms with Crippen LogP contribution in [0.5, 0.6) is 0 Å². The minimum Gasteiger partial charge on any atom is -0.333 e. The Balaban J connectivity index is 1.44. The van der Waals surface area contributed by atoms with E-state index in [4.69, 9.17) is 5.10 Å². The normalized spacial score (nSPS) is 12.1. The van der Waals surface area contributed by atoms with Crippen LogP contribution < -0.4 is 0 Å². The second kappa shape index (κ2) is 8.61. The quantitative estimate of drug-likeness (QED) is 0.343. The lowest BCUT2D eigenvalue weighted by molar-refractivity contribution is -0.140. The molecule has 3 aromatic heterocycles. The predicted octanol–water partition coefficient (Wildman–Crippen LogP) is 5.32. The first-order valence-corrected chi connectivity index (χ1v) is 11.1. The minimum absolute atomic E-state index is 0.248. The lowest BCUT2D eigenvalue weighted by Gasteiger charge is -2.11. The number of rotatable bonds is 5. The van der Waals surface area contributed by atoms with Gasteiger partial charge in [-0.15, -0.1) is 15.3 Å². The van der Waals surface area contributed by atoms with Crippen LogP contribution >= 0.6 is 0 Å². The average molecular weight is 477 g/mol. The maximum absolute atomic E-state index is 13.0. The number of halogens is 3. The molecular weight excluding hydrogens is 455 g/mol. The van der Waals surface area contributed by atoms with Crippen molar-refractivity contribution in [1.82, 2.24) is 34.3 Å². The molecule has 5 rings (SSSR count). The topological polar surface area (TPSA) is 73.8 Å². The van der Waals surface area contributed by atoms with Crippen LogP contribution in [0.4, 0.5) is 13.2 Å². The van der Waals surface area contributed by atoms with Gasteiger partial charge in [-0.3, -0.25) is 0 Å². The van der Waals surface area contributed by atoms with Gasteiger partial charge in [0.25, 0.3) is 0 Å². The van der Waals surface area contributed by atoms with E-state index >= 15 is 0 Å². The fraction of sp³-hybridized carbons (Fsp3) is 0.240. The number of aromatic nitrogens is 7. The van der Waals surface area contributed by atoms with Gasteiger partial charge in [0.15, 0.2) is 23.0 Å². The average Bonchev–Trinajstić information content (AvgIpc) is 3.43. The van der Waals surface area contributed by atoms with Gasteiger partial charge >= 0.3 is 6.18 Å². The highest BCUT2D eigenvalue weighted by Gasteiger charge is 2.34. The summed E-state index contributed by atoms with van der Waals surface area (Å²) in [7, 11) is 1.54. The monoisotopic (exact) mass is 477 g/mol. The Bertz CT molecular complexity index is 1500. The van der Waals surface area contributed by atoms with Gasteiger partial charge in [0.1, 0.15) is 5.82 Å². The fourth-order valence-corrected chi connectivity index (χ4v) is 4.02. The molecule has 0 saturated heterocycles. The molecule has 0 radical (unpaired) electrons. The predicted molar refractivity (Wildman–Crippen MR) is 125 cm³/mol. The highest BCUT2D eigenvalue weighted by Crippen LogP contribution is 2.31. The molecule has 0 saturated carbocycles. The number of aryl methyl sites for hydroxylation is 1. The standard InChI is InChI=1S/C25H22F3N7/c1-15(2)18-6-4-5-7-19(18)23-29-13-22-32-31-21(35(22)33-23)12-16-8-10-17(11-9-16)24-30-20(14-34(24)3)25(26,27)28/h4-11,13-15H,12H2,1-3H3. The third kappa shape index (κ3) is 4.39. The first-order valence-electron chi connectivity index (χ1n) is 11.1. The number of imidazole rings is 1. The summed E-state index contributed by atoms with van der Waals surface area (Å²) in [5, 5.41) is 13.2. The summed E-state index contributed by atoms with van der Waals surface area (Å²) < 4.78 is 42.0. The van der Waals surface area contributed by atoms with Crippen LogP contribution in [0, 0.1) is 0 Å². The van der Waals surface area contributed by atoms with Gasteiger partial charge in [-0.05, 0) is 17.0 Å².